The molecule has 13 nitrogen and oxygen atoms in total. The van der Waals surface area contributed by atoms with Crippen molar-refractivity contribution in [3.8, 4) is 0 Å². The highest BCUT2D eigenvalue weighted by atomic mass is 16.5. The van der Waals surface area contributed by atoms with Gasteiger partial charge in [-0.1, -0.05) is 30.3 Å². The molecular formula is C30H38N6O7. The van der Waals surface area contributed by atoms with E-state index >= 15 is 0 Å². The Morgan fingerprint density at radius 3 is 2.30 bits per heavy atom. The summed E-state index contributed by atoms with van der Waals surface area (Å²) in [5.74, 6) is -3.20. The van der Waals surface area contributed by atoms with Gasteiger partial charge in [-0.05, 0) is 24.7 Å². The number of likely N-dealkylation sites (N-methyl/N-ethyl adjacent to an activating group) is 1. The molecule has 230 valence electrons. The van der Waals surface area contributed by atoms with Gasteiger partial charge in [0.25, 0.3) is 0 Å². The minimum Gasteiger partial charge on any atom is -0.480 e. The van der Waals surface area contributed by atoms with E-state index in [2.05, 4.69) is 9.88 Å². The van der Waals surface area contributed by atoms with Crippen molar-refractivity contribution in [2.45, 2.75) is 31.5 Å². The Bertz CT molecular complexity index is 1290. The molecule has 2 atom stereocenters. The van der Waals surface area contributed by atoms with Crippen LogP contribution >= 0.6 is 0 Å². The van der Waals surface area contributed by atoms with Gasteiger partial charge in [-0.3, -0.25) is 33.9 Å². The number of aliphatic carboxylic acids is 1. The molecule has 1 aromatic heterocycles. The molecule has 0 spiro atoms. The smallest absolute Gasteiger partial charge is 0.323 e. The predicted octanol–water partition coefficient (Wildman–Crippen LogP) is 0.308. The van der Waals surface area contributed by atoms with Gasteiger partial charge in [0.15, 0.2) is 0 Å². The zero-order valence-corrected chi connectivity index (χ0v) is 24.5. The number of piperazine rings is 2. The van der Waals surface area contributed by atoms with E-state index in [1.165, 1.54) is 12.0 Å². The first-order valence-electron chi connectivity index (χ1n) is 14.2. The second-order valence-corrected chi connectivity index (χ2v) is 10.7. The minimum absolute atomic E-state index is 0.00538. The first-order valence-corrected chi connectivity index (χ1v) is 14.2. The molecule has 2 aliphatic heterocycles. The largest absolute Gasteiger partial charge is 0.480 e. The number of carbonyl (C=O) groups is 5. The summed E-state index contributed by atoms with van der Waals surface area (Å²) in [4.78, 5) is 76.9. The van der Waals surface area contributed by atoms with E-state index in [9.17, 15) is 29.1 Å². The third kappa shape index (κ3) is 8.07. The lowest BCUT2D eigenvalue weighted by Crippen LogP contribution is -2.63. The van der Waals surface area contributed by atoms with Crippen molar-refractivity contribution in [1.29, 1.82) is 0 Å². The summed E-state index contributed by atoms with van der Waals surface area (Å²) in [6, 6.07) is 11.2. The number of carboxylic acid groups (broad SMARTS) is 1. The molecule has 2 aromatic rings. The van der Waals surface area contributed by atoms with Crippen LogP contribution in [0.4, 0.5) is 5.69 Å². The molecule has 43 heavy (non-hydrogen) atoms. The number of benzene rings is 1. The van der Waals surface area contributed by atoms with Crippen molar-refractivity contribution in [3.05, 3.63) is 60.4 Å². The lowest BCUT2D eigenvalue weighted by atomic mass is 10.0. The molecule has 1 aromatic carbocycles. The maximum Gasteiger partial charge on any atom is 0.323 e. The van der Waals surface area contributed by atoms with E-state index in [-0.39, 0.29) is 25.4 Å². The molecule has 3 heterocycles. The van der Waals surface area contributed by atoms with Crippen LogP contribution in [0.25, 0.3) is 0 Å². The number of carbonyl (C=O) groups excluding carboxylic acids is 4. The van der Waals surface area contributed by atoms with E-state index in [4.69, 9.17) is 4.74 Å². The zero-order valence-electron chi connectivity index (χ0n) is 24.5. The molecule has 4 rings (SSSR count). The Morgan fingerprint density at radius 1 is 1.00 bits per heavy atom. The normalized spacial score (nSPS) is 18.0. The molecule has 2 saturated heterocycles. The summed E-state index contributed by atoms with van der Waals surface area (Å²) in [6.07, 6.45) is 2.92. The van der Waals surface area contributed by atoms with Gasteiger partial charge in [0, 0.05) is 63.9 Å². The highest BCUT2D eigenvalue weighted by molar-refractivity contribution is 5.96. The van der Waals surface area contributed by atoms with E-state index in [0.717, 1.165) is 16.2 Å². The van der Waals surface area contributed by atoms with Gasteiger partial charge in [-0.2, -0.15) is 0 Å². The number of methoxy groups -OCH3 is 1. The van der Waals surface area contributed by atoms with E-state index in [1.54, 1.807) is 29.2 Å². The number of carboxylic acids is 1. The second kappa shape index (κ2) is 14.6. The van der Waals surface area contributed by atoms with Crippen LogP contribution < -0.4 is 4.90 Å². The number of rotatable bonds is 11. The lowest BCUT2D eigenvalue weighted by Gasteiger charge is -2.42. The second-order valence-electron chi connectivity index (χ2n) is 10.7. The fraction of sp³-hybridized carbons (Fsp3) is 0.467. The third-order valence-corrected chi connectivity index (χ3v) is 7.90. The standard InChI is InChI=1S/C30H38N6O7/c1-32(20-22-6-4-3-5-7-22)24(18-26(37)34-14-12-33(13-15-34)23-8-10-31-11-9-23)30(42)36-17-16-35(21-27(38)39)29(41)25(36)19-28(40)43-2/h3-11,24-25H,12-21H2,1-2H3,(H,38,39)/t24-,25+/m0/s1. The Labute approximate surface area is 250 Å². The Balaban J connectivity index is 1.53. The van der Waals surface area contributed by atoms with E-state index < -0.39 is 48.8 Å². The molecule has 0 radical (unpaired) electrons. The zero-order chi connectivity index (χ0) is 30.9. The number of nitrogens with zero attached hydrogens (tertiary/aromatic N) is 6. The number of ether oxygens (including phenoxy) is 1. The topological polar surface area (TPSA) is 144 Å². The summed E-state index contributed by atoms with van der Waals surface area (Å²) in [7, 11) is 2.93. The average molecular weight is 595 g/mol. The summed E-state index contributed by atoms with van der Waals surface area (Å²) in [6.45, 7) is 2.09. The molecule has 1 N–H and O–H groups in total. The number of amides is 3. The van der Waals surface area contributed by atoms with Crippen molar-refractivity contribution in [2.75, 3.05) is 64.9 Å². The summed E-state index contributed by atoms with van der Waals surface area (Å²) in [5, 5.41) is 9.26. The summed E-state index contributed by atoms with van der Waals surface area (Å²) < 4.78 is 4.77. The van der Waals surface area contributed by atoms with Gasteiger partial charge in [0.05, 0.1) is 26.0 Å². The first kappa shape index (κ1) is 31.4. The quantitative estimate of drug-likeness (QED) is 0.361. The SMILES string of the molecule is COC(=O)C[C@@H]1C(=O)N(CC(=O)O)CCN1C(=O)[C@H](CC(=O)N1CCN(c2ccncc2)CC1)N(C)Cc1ccccc1. The van der Waals surface area contributed by atoms with Crippen molar-refractivity contribution < 1.29 is 33.8 Å². The molecule has 3 amide bonds. The number of esters is 1. The van der Waals surface area contributed by atoms with Gasteiger partial charge in [0.2, 0.25) is 17.7 Å². The lowest BCUT2D eigenvalue weighted by molar-refractivity contribution is -0.161. The Hall–Kier alpha value is -4.52. The van der Waals surface area contributed by atoms with Crippen LogP contribution in [0.1, 0.15) is 18.4 Å². The number of pyridine rings is 1. The third-order valence-electron chi connectivity index (χ3n) is 7.90. The van der Waals surface area contributed by atoms with Gasteiger partial charge in [-0.15, -0.1) is 0 Å². The molecular weight excluding hydrogens is 556 g/mol. The summed E-state index contributed by atoms with van der Waals surface area (Å²) >= 11 is 0. The minimum atomic E-state index is -1.24. The summed E-state index contributed by atoms with van der Waals surface area (Å²) in [5.41, 5.74) is 1.97. The van der Waals surface area contributed by atoms with Gasteiger partial charge >= 0.3 is 11.9 Å². The maximum atomic E-state index is 14.2. The van der Waals surface area contributed by atoms with Crippen molar-refractivity contribution in [3.63, 3.8) is 0 Å². The Kier molecular flexibility index (Phi) is 10.7. The van der Waals surface area contributed by atoms with E-state index in [0.29, 0.717) is 32.7 Å². The molecule has 0 bridgehead atoms. The van der Waals surface area contributed by atoms with Crippen LogP contribution in [0.15, 0.2) is 54.9 Å². The van der Waals surface area contributed by atoms with Crippen LogP contribution in [-0.2, 0) is 35.3 Å². The van der Waals surface area contributed by atoms with Gasteiger partial charge in [0.1, 0.15) is 12.6 Å². The van der Waals surface area contributed by atoms with Crippen LogP contribution in [0.5, 0.6) is 0 Å². The van der Waals surface area contributed by atoms with Crippen LogP contribution in [0.2, 0.25) is 0 Å². The molecule has 0 aliphatic carbocycles. The number of hydrogen-bond acceptors (Lipinski definition) is 9. The molecule has 2 fully saturated rings. The van der Waals surface area contributed by atoms with Crippen molar-refractivity contribution in [2.24, 2.45) is 0 Å². The molecule has 0 saturated carbocycles. The molecule has 2 aliphatic rings. The first-order chi connectivity index (χ1) is 20.7. The molecule has 0 unspecified atom stereocenters. The van der Waals surface area contributed by atoms with Crippen molar-refractivity contribution >= 4 is 35.3 Å². The Morgan fingerprint density at radius 2 is 1.67 bits per heavy atom. The van der Waals surface area contributed by atoms with Gasteiger partial charge < -0.3 is 29.4 Å². The predicted molar refractivity (Wildman–Crippen MR) is 156 cm³/mol. The fourth-order valence-corrected chi connectivity index (χ4v) is 5.53. The van der Waals surface area contributed by atoms with Crippen molar-refractivity contribution in [1.82, 2.24) is 24.6 Å². The number of anilines is 1. The van der Waals surface area contributed by atoms with Crippen LogP contribution in [0, 0.1) is 0 Å². The van der Waals surface area contributed by atoms with Crippen LogP contribution in [0.3, 0.4) is 0 Å². The highest BCUT2D eigenvalue weighted by Crippen LogP contribution is 2.22. The number of aromatic nitrogens is 1. The van der Waals surface area contributed by atoms with E-state index in [1.807, 2.05) is 42.5 Å². The average Bonchev–Trinajstić information content (AvgIpc) is 3.02. The van der Waals surface area contributed by atoms with Crippen LogP contribution in [-0.4, -0.2) is 131 Å². The van der Waals surface area contributed by atoms with Gasteiger partial charge in [-0.25, -0.2) is 0 Å². The maximum absolute atomic E-state index is 14.2. The number of hydrogen-bond donors (Lipinski definition) is 1. The highest BCUT2D eigenvalue weighted by Gasteiger charge is 2.43. The molecule has 13 heteroatoms. The monoisotopic (exact) mass is 594 g/mol. The fourth-order valence-electron chi connectivity index (χ4n) is 5.53.